The largest absolute Gasteiger partial charge is 0.311 e. The van der Waals surface area contributed by atoms with Gasteiger partial charge in [-0.3, -0.25) is 4.90 Å². The van der Waals surface area contributed by atoms with Gasteiger partial charge in [0.05, 0.1) is 0 Å². The monoisotopic (exact) mass is 290 g/mol. The molecule has 1 heterocycles. The first-order chi connectivity index (χ1) is 10.0. The summed E-state index contributed by atoms with van der Waals surface area (Å²) < 4.78 is 13.3. The Bertz CT molecular complexity index is 512. The average Bonchev–Trinajstić information content (AvgIpc) is 3.29. The van der Waals surface area contributed by atoms with Gasteiger partial charge >= 0.3 is 0 Å². The molecule has 1 saturated carbocycles. The molecule has 1 aliphatic carbocycles. The minimum absolute atomic E-state index is 0.132. The molecular formula is C18H27FN2. The fourth-order valence-electron chi connectivity index (χ4n) is 3.67. The number of aryl methyl sites for hydroxylation is 1. The Balaban J connectivity index is 1.81. The van der Waals surface area contributed by atoms with Crippen molar-refractivity contribution in [2.75, 3.05) is 13.1 Å². The first-order valence-corrected chi connectivity index (χ1v) is 8.26. The maximum atomic E-state index is 13.3. The SMILES string of the molecule is CCC1CN(Cc2ccc(F)cc2C)C(C)(C2CC2)CN1. The molecule has 1 saturated heterocycles. The molecule has 2 aliphatic rings. The summed E-state index contributed by atoms with van der Waals surface area (Å²) in [5.41, 5.74) is 2.59. The van der Waals surface area contributed by atoms with Gasteiger partial charge in [0.2, 0.25) is 0 Å². The highest BCUT2D eigenvalue weighted by molar-refractivity contribution is 5.27. The Morgan fingerprint density at radius 3 is 2.76 bits per heavy atom. The Hall–Kier alpha value is -0.930. The molecule has 0 radical (unpaired) electrons. The van der Waals surface area contributed by atoms with Gasteiger partial charge in [-0.05, 0) is 62.3 Å². The van der Waals surface area contributed by atoms with Crippen LogP contribution in [0, 0.1) is 18.7 Å². The van der Waals surface area contributed by atoms with Crippen LogP contribution >= 0.6 is 0 Å². The topological polar surface area (TPSA) is 15.3 Å². The molecule has 2 atom stereocenters. The molecule has 116 valence electrons. The molecule has 2 unspecified atom stereocenters. The number of rotatable bonds is 4. The molecule has 0 amide bonds. The van der Waals surface area contributed by atoms with E-state index in [0.717, 1.165) is 31.1 Å². The van der Waals surface area contributed by atoms with Crippen LogP contribution < -0.4 is 5.32 Å². The predicted octanol–water partition coefficient (Wildman–Crippen LogP) is 3.49. The van der Waals surface area contributed by atoms with E-state index in [9.17, 15) is 4.39 Å². The van der Waals surface area contributed by atoms with Crippen molar-refractivity contribution in [1.29, 1.82) is 0 Å². The minimum atomic E-state index is -0.132. The van der Waals surface area contributed by atoms with Crippen molar-refractivity contribution < 1.29 is 4.39 Å². The summed E-state index contributed by atoms with van der Waals surface area (Å²) in [6, 6.07) is 5.79. The lowest BCUT2D eigenvalue weighted by atomic mass is 9.88. The summed E-state index contributed by atoms with van der Waals surface area (Å²) in [5.74, 6) is 0.691. The smallest absolute Gasteiger partial charge is 0.123 e. The standard InChI is InChI=1S/C18H27FN2/c1-4-17-11-21(18(3,12-20-17)15-6-7-15)10-14-5-8-16(19)9-13(14)2/h5,8-9,15,17,20H,4,6-7,10-12H2,1-3H3. The van der Waals surface area contributed by atoms with Crippen molar-refractivity contribution in [3.05, 3.63) is 35.1 Å². The Kier molecular flexibility index (Phi) is 4.06. The Morgan fingerprint density at radius 2 is 2.14 bits per heavy atom. The van der Waals surface area contributed by atoms with E-state index in [1.54, 1.807) is 12.1 Å². The lowest BCUT2D eigenvalue weighted by Crippen LogP contribution is -2.63. The third-order valence-corrected chi connectivity index (χ3v) is 5.53. The van der Waals surface area contributed by atoms with Crippen LogP contribution in [0.2, 0.25) is 0 Å². The molecule has 1 aromatic carbocycles. The molecule has 3 heteroatoms. The van der Waals surface area contributed by atoms with Gasteiger partial charge in [0.1, 0.15) is 5.82 Å². The van der Waals surface area contributed by atoms with Crippen LogP contribution in [0.25, 0.3) is 0 Å². The van der Waals surface area contributed by atoms with Crippen molar-refractivity contribution in [1.82, 2.24) is 10.2 Å². The van der Waals surface area contributed by atoms with Gasteiger partial charge in [0.15, 0.2) is 0 Å². The molecule has 21 heavy (non-hydrogen) atoms. The van der Waals surface area contributed by atoms with E-state index >= 15 is 0 Å². The van der Waals surface area contributed by atoms with Crippen LogP contribution in [0.15, 0.2) is 18.2 Å². The summed E-state index contributed by atoms with van der Waals surface area (Å²) in [4.78, 5) is 2.65. The quantitative estimate of drug-likeness (QED) is 0.913. The molecule has 1 N–H and O–H groups in total. The minimum Gasteiger partial charge on any atom is -0.311 e. The van der Waals surface area contributed by atoms with E-state index in [0.29, 0.717) is 6.04 Å². The molecule has 1 aliphatic heterocycles. The molecule has 1 aromatic rings. The summed E-state index contributed by atoms with van der Waals surface area (Å²) in [6.45, 7) is 9.79. The lowest BCUT2D eigenvalue weighted by molar-refractivity contribution is 0.0269. The second-order valence-electron chi connectivity index (χ2n) is 7.07. The van der Waals surface area contributed by atoms with Gasteiger partial charge in [-0.2, -0.15) is 0 Å². The molecular weight excluding hydrogens is 263 g/mol. The van der Waals surface area contributed by atoms with Crippen molar-refractivity contribution in [3.63, 3.8) is 0 Å². The summed E-state index contributed by atoms with van der Waals surface area (Å²) >= 11 is 0. The second kappa shape index (κ2) is 5.69. The fraction of sp³-hybridized carbons (Fsp3) is 0.667. The highest BCUT2D eigenvalue weighted by Crippen LogP contribution is 2.44. The van der Waals surface area contributed by atoms with Gasteiger partial charge < -0.3 is 5.32 Å². The highest BCUT2D eigenvalue weighted by Gasteiger charge is 2.47. The van der Waals surface area contributed by atoms with E-state index in [2.05, 4.69) is 24.1 Å². The van der Waals surface area contributed by atoms with Crippen LogP contribution in [-0.4, -0.2) is 29.6 Å². The van der Waals surface area contributed by atoms with Crippen LogP contribution in [0.1, 0.15) is 44.2 Å². The predicted molar refractivity (Wildman–Crippen MR) is 84.8 cm³/mol. The first-order valence-electron chi connectivity index (χ1n) is 8.26. The van der Waals surface area contributed by atoms with Crippen LogP contribution in [0.3, 0.4) is 0 Å². The van der Waals surface area contributed by atoms with Crippen molar-refractivity contribution in [2.24, 2.45) is 5.92 Å². The molecule has 0 bridgehead atoms. The zero-order valence-electron chi connectivity index (χ0n) is 13.5. The maximum Gasteiger partial charge on any atom is 0.123 e. The molecule has 0 aromatic heterocycles. The fourth-order valence-corrected chi connectivity index (χ4v) is 3.67. The van der Waals surface area contributed by atoms with Crippen molar-refractivity contribution >= 4 is 0 Å². The van der Waals surface area contributed by atoms with Crippen molar-refractivity contribution in [2.45, 2.75) is 58.2 Å². The van der Waals surface area contributed by atoms with Gasteiger partial charge in [-0.1, -0.05) is 13.0 Å². The van der Waals surface area contributed by atoms with Crippen LogP contribution in [-0.2, 0) is 6.54 Å². The van der Waals surface area contributed by atoms with E-state index in [1.807, 2.05) is 13.0 Å². The van der Waals surface area contributed by atoms with Crippen LogP contribution in [0.5, 0.6) is 0 Å². The normalized spacial score (nSPS) is 30.6. The number of benzene rings is 1. The van der Waals surface area contributed by atoms with E-state index in [4.69, 9.17) is 0 Å². The third-order valence-electron chi connectivity index (χ3n) is 5.53. The van der Waals surface area contributed by atoms with Crippen LogP contribution in [0.4, 0.5) is 4.39 Å². The lowest BCUT2D eigenvalue weighted by Gasteiger charge is -2.49. The summed E-state index contributed by atoms with van der Waals surface area (Å²) in [5, 5.41) is 3.72. The number of nitrogens with zero attached hydrogens (tertiary/aromatic N) is 1. The summed E-state index contributed by atoms with van der Waals surface area (Å²) in [7, 11) is 0. The zero-order valence-corrected chi connectivity index (χ0v) is 13.5. The van der Waals surface area contributed by atoms with Gasteiger partial charge in [0, 0.05) is 31.2 Å². The number of hydrogen-bond acceptors (Lipinski definition) is 2. The number of hydrogen-bond donors (Lipinski definition) is 1. The first kappa shape index (κ1) is 15.0. The molecule has 3 rings (SSSR count). The van der Waals surface area contributed by atoms with E-state index < -0.39 is 0 Å². The maximum absolute atomic E-state index is 13.3. The van der Waals surface area contributed by atoms with Crippen molar-refractivity contribution in [3.8, 4) is 0 Å². The van der Waals surface area contributed by atoms with Gasteiger partial charge in [-0.25, -0.2) is 4.39 Å². The molecule has 2 fully saturated rings. The second-order valence-corrected chi connectivity index (χ2v) is 7.07. The number of piperazine rings is 1. The third kappa shape index (κ3) is 3.00. The van der Waals surface area contributed by atoms with Gasteiger partial charge in [0.25, 0.3) is 0 Å². The Morgan fingerprint density at radius 1 is 1.38 bits per heavy atom. The van der Waals surface area contributed by atoms with E-state index in [-0.39, 0.29) is 11.4 Å². The summed E-state index contributed by atoms with van der Waals surface area (Å²) in [6.07, 6.45) is 3.88. The van der Waals surface area contributed by atoms with E-state index in [1.165, 1.54) is 24.8 Å². The Labute approximate surface area is 127 Å². The highest BCUT2D eigenvalue weighted by atomic mass is 19.1. The molecule has 2 nitrogen and oxygen atoms in total. The number of halogens is 1. The van der Waals surface area contributed by atoms with Gasteiger partial charge in [-0.15, -0.1) is 0 Å². The number of nitrogens with one attached hydrogen (secondary N) is 1. The average molecular weight is 290 g/mol. The molecule has 0 spiro atoms. The zero-order chi connectivity index (χ0) is 15.0.